The van der Waals surface area contributed by atoms with E-state index >= 15 is 4.39 Å². The highest BCUT2D eigenvalue weighted by Gasteiger charge is 2.37. The van der Waals surface area contributed by atoms with Gasteiger partial charge in [0, 0.05) is 34.1 Å². The van der Waals surface area contributed by atoms with E-state index in [9.17, 15) is 4.79 Å². The number of aromatic nitrogens is 4. The molecule has 0 radical (unpaired) electrons. The van der Waals surface area contributed by atoms with E-state index in [1.54, 1.807) is 49.6 Å². The summed E-state index contributed by atoms with van der Waals surface area (Å²) in [4.78, 5) is 19.4. The van der Waals surface area contributed by atoms with Crippen LogP contribution in [0.2, 0.25) is 5.02 Å². The van der Waals surface area contributed by atoms with Crippen LogP contribution in [0, 0.1) is 12.7 Å². The SMILES string of the molecule is Cc1ncc(Cl)cc1-c1cc2c(n3cnnc13)N(C(=O)OC(C)(C)C)Cc1c(F)ccc3c1[C@H](CO3)CO2. The predicted octanol–water partition coefficient (Wildman–Crippen LogP) is 5.70. The Labute approximate surface area is 223 Å². The molecule has 0 fully saturated rings. The minimum atomic E-state index is -0.796. The van der Waals surface area contributed by atoms with Crippen LogP contribution in [0.1, 0.15) is 43.5 Å². The standard InChI is InChI=1S/C27H25ClFN5O4/c1-14-17(7-16(28)9-30-14)18-8-22-25(34-13-31-32-24(18)34)33(26(35)38-27(2,3)4)10-19-20(29)5-6-21-23(19)15(11-36-21)12-37-22/h5-9,13,15H,10-12H2,1-4H3/t15-/m1/s1. The van der Waals surface area contributed by atoms with Gasteiger partial charge in [-0.15, -0.1) is 10.2 Å². The van der Waals surface area contributed by atoms with Crippen LogP contribution in [0.3, 0.4) is 0 Å². The molecule has 3 aromatic heterocycles. The number of fused-ring (bicyclic) bond motifs is 3. The molecule has 6 rings (SSSR count). The average Bonchev–Trinajstić information content (AvgIpc) is 3.50. The number of anilines is 1. The quantitative estimate of drug-likeness (QED) is 0.307. The Morgan fingerprint density at radius 1 is 1.16 bits per heavy atom. The topological polar surface area (TPSA) is 91.1 Å². The summed E-state index contributed by atoms with van der Waals surface area (Å²) in [6.45, 7) is 7.63. The maximum atomic E-state index is 15.3. The fourth-order valence-corrected chi connectivity index (χ4v) is 5.11. The first-order chi connectivity index (χ1) is 18.1. The molecule has 9 nitrogen and oxygen atoms in total. The summed E-state index contributed by atoms with van der Waals surface area (Å²) in [6, 6.07) is 6.56. The molecule has 2 aliphatic heterocycles. The van der Waals surface area contributed by atoms with Gasteiger partial charge in [-0.2, -0.15) is 0 Å². The molecule has 1 amide bonds. The molecule has 0 spiro atoms. The number of carbonyl (C=O) groups is 1. The molecule has 0 aliphatic carbocycles. The first kappa shape index (κ1) is 24.4. The second kappa shape index (κ2) is 8.83. The largest absolute Gasteiger partial charge is 0.493 e. The maximum absolute atomic E-state index is 15.3. The Hall–Kier alpha value is -3.92. The molecule has 0 unspecified atom stereocenters. The van der Waals surface area contributed by atoms with Gasteiger partial charge in [0.2, 0.25) is 0 Å². The van der Waals surface area contributed by atoms with Gasteiger partial charge in [-0.25, -0.2) is 9.18 Å². The van der Waals surface area contributed by atoms with Crippen molar-refractivity contribution in [2.24, 2.45) is 0 Å². The number of rotatable bonds is 1. The second-order valence-corrected chi connectivity index (χ2v) is 10.8. The Balaban J connectivity index is 1.61. The highest BCUT2D eigenvalue weighted by molar-refractivity contribution is 6.30. The molecular weight excluding hydrogens is 513 g/mol. The van der Waals surface area contributed by atoms with Crippen molar-refractivity contribution in [2.45, 2.75) is 45.8 Å². The Morgan fingerprint density at radius 2 is 1.92 bits per heavy atom. The number of nitrogens with zero attached hydrogens (tertiary/aromatic N) is 5. The van der Waals surface area contributed by atoms with Gasteiger partial charge >= 0.3 is 6.09 Å². The van der Waals surface area contributed by atoms with Gasteiger partial charge in [0.05, 0.1) is 30.7 Å². The van der Waals surface area contributed by atoms with E-state index < -0.39 is 17.5 Å². The van der Waals surface area contributed by atoms with Gasteiger partial charge in [0.25, 0.3) is 0 Å². The minimum absolute atomic E-state index is 0.107. The van der Waals surface area contributed by atoms with Crippen molar-refractivity contribution in [3.63, 3.8) is 0 Å². The molecule has 38 heavy (non-hydrogen) atoms. The third kappa shape index (κ3) is 4.09. The van der Waals surface area contributed by atoms with E-state index in [-0.39, 0.29) is 19.1 Å². The molecule has 1 atom stereocenters. The van der Waals surface area contributed by atoms with E-state index in [4.69, 9.17) is 25.8 Å². The summed E-state index contributed by atoms with van der Waals surface area (Å²) in [6.07, 6.45) is 2.40. The summed E-state index contributed by atoms with van der Waals surface area (Å²) >= 11 is 6.29. The van der Waals surface area contributed by atoms with Crippen LogP contribution >= 0.6 is 11.6 Å². The van der Waals surface area contributed by atoms with Gasteiger partial charge in [-0.1, -0.05) is 11.6 Å². The van der Waals surface area contributed by atoms with Crippen LogP contribution < -0.4 is 14.4 Å². The fourth-order valence-electron chi connectivity index (χ4n) is 4.95. The van der Waals surface area contributed by atoms with Crippen molar-refractivity contribution in [1.82, 2.24) is 19.6 Å². The van der Waals surface area contributed by atoms with Crippen molar-refractivity contribution in [3.05, 3.63) is 64.5 Å². The predicted molar refractivity (Wildman–Crippen MR) is 139 cm³/mol. The van der Waals surface area contributed by atoms with E-state index in [1.807, 2.05) is 6.92 Å². The number of hydrogen-bond donors (Lipinski definition) is 0. The van der Waals surface area contributed by atoms with E-state index in [0.29, 0.717) is 51.3 Å². The number of amides is 1. The first-order valence-corrected chi connectivity index (χ1v) is 12.5. The molecule has 196 valence electrons. The molecule has 11 heteroatoms. The first-order valence-electron chi connectivity index (χ1n) is 12.2. The molecule has 0 N–H and O–H groups in total. The van der Waals surface area contributed by atoms with Gasteiger partial charge in [0.15, 0.2) is 17.2 Å². The Bertz CT molecular complexity index is 1600. The second-order valence-electron chi connectivity index (χ2n) is 10.4. The average molecular weight is 538 g/mol. The number of benzene rings is 1. The molecule has 5 heterocycles. The monoisotopic (exact) mass is 537 g/mol. The highest BCUT2D eigenvalue weighted by atomic mass is 35.5. The van der Waals surface area contributed by atoms with Crippen LogP contribution in [-0.2, 0) is 11.3 Å². The number of aryl methyl sites for hydroxylation is 1. The Kier molecular flexibility index (Phi) is 5.68. The highest BCUT2D eigenvalue weighted by Crippen LogP contribution is 2.44. The molecule has 0 saturated carbocycles. The van der Waals surface area contributed by atoms with Crippen molar-refractivity contribution < 1.29 is 23.4 Å². The van der Waals surface area contributed by atoms with E-state index in [1.165, 1.54) is 17.3 Å². The number of ether oxygens (including phenoxy) is 3. The van der Waals surface area contributed by atoms with Crippen molar-refractivity contribution in [2.75, 3.05) is 18.1 Å². The lowest BCUT2D eigenvalue weighted by Crippen LogP contribution is -2.38. The van der Waals surface area contributed by atoms with Crippen LogP contribution in [0.4, 0.5) is 15.0 Å². The van der Waals surface area contributed by atoms with Gasteiger partial charge in [-0.3, -0.25) is 14.3 Å². The summed E-state index contributed by atoms with van der Waals surface area (Å²) in [5.74, 6) is 0.624. The summed E-state index contributed by atoms with van der Waals surface area (Å²) in [5.41, 5.74) is 2.85. The van der Waals surface area contributed by atoms with Crippen molar-refractivity contribution in [3.8, 4) is 22.6 Å². The Morgan fingerprint density at radius 3 is 2.68 bits per heavy atom. The molecule has 4 aromatic rings. The molecular formula is C27H25ClFN5O4. The van der Waals surface area contributed by atoms with Gasteiger partial charge < -0.3 is 14.2 Å². The van der Waals surface area contributed by atoms with Crippen LogP contribution in [0.5, 0.6) is 11.5 Å². The number of hydrogen-bond acceptors (Lipinski definition) is 7. The smallest absolute Gasteiger partial charge is 0.416 e. The normalized spacial score (nSPS) is 16.6. The lowest BCUT2D eigenvalue weighted by Gasteiger charge is -2.29. The number of halogens is 2. The minimum Gasteiger partial charge on any atom is -0.493 e. The third-order valence-corrected chi connectivity index (χ3v) is 6.80. The van der Waals surface area contributed by atoms with Crippen LogP contribution in [0.15, 0.2) is 36.8 Å². The zero-order valence-electron chi connectivity index (χ0n) is 21.3. The third-order valence-electron chi connectivity index (χ3n) is 6.59. The summed E-state index contributed by atoms with van der Waals surface area (Å²) in [5, 5.41) is 8.93. The zero-order chi connectivity index (χ0) is 26.8. The van der Waals surface area contributed by atoms with Crippen molar-refractivity contribution in [1.29, 1.82) is 0 Å². The molecule has 2 aliphatic rings. The van der Waals surface area contributed by atoms with E-state index in [0.717, 1.165) is 11.3 Å². The van der Waals surface area contributed by atoms with Crippen LogP contribution in [-0.4, -0.2) is 44.5 Å². The molecule has 0 saturated heterocycles. The molecule has 1 aromatic carbocycles. The summed E-state index contributed by atoms with van der Waals surface area (Å²) in [7, 11) is 0. The van der Waals surface area contributed by atoms with Gasteiger partial charge in [0.1, 0.15) is 23.5 Å². The lowest BCUT2D eigenvalue weighted by atomic mass is 9.95. The van der Waals surface area contributed by atoms with Crippen molar-refractivity contribution >= 4 is 29.2 Å². The molecule has 0 bridgehead atoms. The van der Waals surface area contributed by atoms with Crippen LogP contribution in [0.25, 0.3) is 16.8 Å². The summed E-state index contributed by atoms with van der Waals surface area (Å²) < 4.78 is 35.0. The number of pyridine rings is 2. The zero-order valence-corrected chi connectivity index (χ0v) is 22.0. The maximum Gasteiger partial charge on any atom is 0.416 e. The fraction of sp³-hybridized carbons (Fsp3) is 0.333. The van der Waals surface area contributed by atoms with E-state index in [2.05, 4.69) is 15.2 Å². The number of carbonyl (C=O) groups excluding carboxylic acids is 1. The lowest BCUT2D eigenvalue weighted by molar-refractivity contribution is 0.0574. The van der Waals surface area contributed by atoms with Gasteiger partial charge in [-0.05, 0) is 52.0 Å².